The van der Waals surface area contributed by atoms with Gasteiger partial charge in [-0.15, -0.1) is 16.8 Å². The number of rotatable bonds is 4. The van der Waals surface area contributed by atoms with Crippen LogP contribution in [-0.4, -0.2) is 43.4 Å². The molecule has 2 atom stereocenters. The lowest BCUT2D eigenvalue weighted by Crippen LogP contribution is -2.33. The number of cyclic esters (lactones) is 1. The molecule has 0 bridgehead atoms. The van der Waals surface area contributed by atoms with Gasteiger partial charge in [0.15, 0.2) is 0 Å². The van der Waals surface area contributed by atoms with E-state index >= 15 is 0 Å². The summed E-state index contributed by atoms with van der Waals surface area (Å²) in [5, 5.41) is 12.0. The van der Waals surface area contributed by atoms with Crippen molar-refractivity contribution < 1.29 is 9.53 Å². The number of carbonyl (C=O) groups is 1. The van der Waals surface area contributed by atoms with E-state index in [1.54, 1.807) is 11.9 Å². The van der Waals surface area contributed by atoms with E-state index in [1.165, 1.54) is 4.80 Å². The monoisotopic (exact) mass is 388 g/mol. The van der Waals surface area contributed by atoms with E-state index in [1.807, 2.05) is 37.4 Å². The average Bonchev–Trinajstić information content (AvgIpc) is 3.37. The molecule has 0 radical (unpaired) electrons. The van der Waals surface area contributed by atoms with Gasteiger partial charge >= 0.3 is 6.09 Å². The minimum absolute atomic E-state index is 0.0349. The number of aromatic nitrogens is 5. The topological polar surface area (TPSA) is 86.0 Å². The standard InChI is InChI=1S/C21H20N6O2/c1-12(2)8-19-18-10-15-9-13(5-7-17(15)27(18)21(28)29-19)14-4-6-16(22-11-14)20-23-25-26(3)24-20/h4-7,9,11,18-19H,1,8,10H2,2-3H3. The van der Waals surface area contributed by atoms with E-state index in [4.69, 9.17) is 4.74 Å². The molecule has 4 heterocycles. The summed E-state index contributed by atoms with van der Waals surface area (Å²) in [5.74, 6) is 0.496. The third-order valence-corrected chi connectivity index (χ3v) is 5.36. The van der Waals surface area contributed by atoms with Crippen LogP contribution in [0.3, 0.4) is 0 Å². The van der Waals surface area contributed by atoms with Crippen molar-refractivity contribution >= 4 is 11.8 Å². The number of tetrazole rings is 1. The van der Waals surface area contributed by atoms with Gasteiger partial charge in [0, 0.05) is 18.2 Å². The van der Waals surface area contributed by atoms with Gasteiger partial charge in [-0.05, 0) is 47.9 Å². The van der Waals surface area contributed by atoms with E-state index in [-0.39, 0.29) is 18.2 Å². The van der Waals surface area contributed by atoms with Gasteiger partial charge < -0.3 is 4.74 Å². The van der Waals surface area contributed by atoms with Crippen LogP contribution >= 0.6 is 0 Å². The number of benzene rings is 1. The molecule has 8 heteroatoms. The molecule has 2 aliphatic rings. The lowest BCUT2D eigenvalue weighted by atomic mass is 9.98. The number of aryl methyl sites for hydroxylation is 1. The molecule has 0 saturated carbocycles. The molecule has 1 fully saturated rings. The van der Waals surface area contributed by atoms with Gasteiger partial charge in [-0.1, -0.05) is 17.7 Å². The fourth-order valence-electron chi connectivity index (χ4n) is 4.06. The van der Waals surface area contributed by atoms with Crippen LogP contribution < -0.4 is 4.90 Å². The zero-order valence-corrected chi connectivity index (χ0v) is 16.2. The summed E-state index contributed by atoms with van der Waals surface area (Å²) in [5.41, 5.74) is 5.82. The SMILES string of the molecule is C=C(C)CC1OC(=O)N2c3ccc(-c4ccc(-c5nnn(C)n5)nc4)cc3CC12. The number of pyridine rings is 1. The first-order chi connectivity index (χ1) is 14.0. The van der Waals surface area contributed by atoms with Crippen LogP contribution in [0.2, 0.25) is 0 Å². The third kappa shape index (κ3) is 2.97. The van der Waals surface area contributed by atoms with Crippen molar-refractivity contribution in [2.45, 2.75) is 31.9 Å². The van der Waals surface area contributed by atoms with E-state index < -0.39 is 0 Å². The molecule has 1 aromatic carbocycles. The maximum Gasteiger partial charge on any atom is 0.415 e. The Morgan fingerprint density at radius 3 is 2.79 bits per heavy atom. The number of ether oxygens (including phenoxy) is 1. The maximum atomic E-state index is 12.4. The molecule has 5 rings (SSSR count). The fraction of sp³-hybridized carbons (Fsp3) is 0.286. The molecule has 2 aromatic heterocycles. The van der Waals surface area contributed by atoms with E-state index in [0.29, 0.717) is 17.9 Å². The summed E-state index contributed by atoms with van der Waals surface area (Å²) < 4.78 is 5.57. The van der Waals surface area contributed by atoms with Crippen molar-refractivity contribution in [2.24, 2.45) is 7.05 Å². The Kier molecular flexibility index (Phi) is 3.94. The van der Waals surface area contributed by atoms with Crippen molar-refractivity contribution in [3.8, 4) is 22.6 Å². The van der Waals surface area contributed by atoms with E-state index in [9.17, 15) is 4.79 Å². The highest BCUT2D eigenvalue weighted by Crippen LogP contribution is 2.41. The quantitative estimate of drug-likeness (QED) is 0.638. The van der Waals surface area contributed by atoms with Gasteiger partial charge in [-0.2, -0.15) is 4.80 Å². The van der Waals surface area contributed by atoms with Crippen molar-refractivity contribution in [3.63, 3.8) is 0 Å². The van der Waals surface area contributed by atoms with Gasteiger partial charge in [-0.3, -0.25) is 9.88 Å². The number of carbonyl (C=O) groups excluding carboxylic acids is 1. The normalized spacial score (nSPS) is 19.8. The molecule has 29 heavy (non-hydrogen) atoms. The molecular formula is C21H20N6O2. The van der Waals surface area contributed by atoms with Gasteiger partial charge in [0.05, 0.1) is 18.8 Å². The zero-order chi connectivity index (χ0) is 20.1. The highest BCUT2D eigenvalue weighted by molar-refractivity contribution is 5.94. The summed E-state index contributed by atoms with van der Waals surface area (Å²) in [6.45, 7) is 5.92. The molecule has 1 amide bonds. The molecule has 0 N–H and O–H groups in total. The Bertz CT molecular complexity index is 1120. The summed E-state index contributed by atoms with van der Waals surface area (Å²) in [6, 6.07) is 10.1. The molecule has 0 spiro atoms. The van der Waals surface area contributed by atoms with Crippen LogP contribution in [0.5, 0.6) is 0 Å². The van der Waals surface area contributed by atoms with Crippen molar-refractivity contribution in [1.29, 1.82) is 0 Å². The van der Waals surface area contributed by atoms with Gasteiger partial charge in [0.25, 0.3) is 0 Å². The fourth-order valence-corrected chi connectivity index (χ4v) is 4.06. The Labute approximate surface area is 167 Å². The molecule has 1 saturated heterocycles. The predicted molar refractivity (Wildman–Crippen MR) is 107 cm³/mol. The first-order valence-electron chi connectivity index (χ1n) is 9.47. The second-order valence-electron chi connectivity index (χ2n) is 7.60. The lowest BCUT2D eigenvalue weighted by Gasteiger charge is -2.16. The van der Waals surface area contributed by atoms with Crippen LogP contribution in [0.1, 0.15) is 18.9 Å². The molecule has 146 valence electrons. The number of amides is 1. The molecule has 8 nitrogen and oxygen atoms in total. The molecular weight excluding hydrogens is 368 g/mol. The van der Waals surface area contributed by atoms with Gasteiger partial charge in [-0.25, -0.2) is 4.79 Å². The smallest absolute Gasteiger partial charge is 0.415 e. The van der Waals surface area contributed by atoms with Crippen LogP contribution in [-0.2, 0) is 18.2 Å². The summed E-state index contributed by atoms with van der Waals surface area (Å²) in [4.78, 5) is 20.1. The average molecular weight is 388 g/mol. The Morgan fingerprint density at radius 1 is 1.28 bits per heavy atom. The summed E-state index contributed by atoms with van der Waals surface area (Å²) >= 11 is 0. The summed E-state index contributed by atoms with van der Waals surface area (Å²) in [7, 11) is 1.72. The Morgan fingerprint density at radius 2 is 2.10 bits per heavy atom. The summed E-state index contributed by atoms with van der Waals surface area (Å²) in [6.07, 6.45) is 2.87. The minimum atomic E-state index is -0.268. The highest BCUT2D eigenvalue weighted by Gasteiger charge is 2.47. The largest absolute Gasteiger partial charge is 0.443 e. The molecule has 2 unspecified atom stereocenters. The maximum absolute atomic E-state index is 12.4. The van der Waals surface area contributed by atoms with Crippen LogP contribution in [0.4, 0.5) is 10.5 Å². The highest BCUT2D eigenvalue weighted by atomic mass is 16.6. The van der Waals surface area contributed by atoms with E-state index in [2.05, 4.69) is 33.0 Å². The van der Waals surface area contributed by atoms with Crippen LogP contribution in [0, 0.1) is 0 Å². The number of anilines is 1. The van der Waals surface area contributed by atoms with Crippen molar-refractivity contribution in [3.05, 3.63) is 54.2 Å². The van der Waals surface area contributed by atoms with Gasteiger partial charge in [0.1, 0.15) is 11.8 Å². The molecule has 2 aliphatic heterocycles. The number of fused-ring (bicyclic) bond motifs is 3. The molecule has 3 aromatic rings. The van der Waals surface area contributed by atoms with Crippen LogP contribution in [0.15, 0.2) is 48.7 Å². The first-order valence-corrected chi connectivity index (χ1v) is 9.47. The Balaban J connectivity index is 1.42. The lowest BCUT2D eigenvalue weighted by molar-refractivity contribution is 0.131. The Hall–Kier alpha value is -3.55. The second kappa shape index (κ2) is 6.51. The second-order valence-corrected chi connectivity index (χ2v) is 7.60. The van der Waals surface area contributed by atoms with Crippen LogP contribution in [0.25, 0.3) is 22.6 Å². The van der Waals surface area contributed by atoms with Crippen molar-refractivity contribution in [1.82, 2.24) is 25.2 Å². The first kappa shape index (κ1) is 17.5. The minimum Gasteiger partial charge on any atom is -0.443 e. The van der Waals surface area contributed by atoms with Crippen molar-refractivity contribution in [2.75, 3.05) is 4.90 Å². The van der Waals surface area contributed by atoms with Gasteiger partial charge in [0.2, 0.25) is 5.82 Å². The number of hydrogen-bond donors (Lipinski definition) is 0. The zero-order valence-electron chi connectivity index (χ0n) is 16.2. The predicted octanol–water partition coefficient (Wildman–Crippen LogP) is 3.16. The molecule has 0 aliphatic carbocycles. The number of hydrogen-bond acceptors (Lipinski definition) is 6. The third-order valence-electron chi connectivity index (χ3n) is 5.36. The van der Waals surface area contributed by atoms with E-state index in [0.717, 1.165) is 34.4 Å². The number of nitrogens with zero attached hydrogens (tertiary/aromatic N) is 6.